The van der Waals surface area contributed by atoms with Crippen LogP contribution in [0.4, 0.5) is 0 Å². The Kier molecular flexibility index (Phi) is 5.75. The number of hydrogen-bond donors (Lipinski definition) is 1. The molecule has 1 amide bonds. The molecule has 9 heteroatoms. The molecule has 7 nitrogen and oxygen atoms in total. The van der Waals surface area contributed by atoms with E-state index in [4.69, 9.17) is 5.14 Å². The fraction of sp³-hybridized carbons (Fsp3) is 0.350. The SMILES string of the molecule is CCc1nc(C)c2c(C)c(C(=O)N(C)C(C)c3ccc(S(N)(=O)=O)cc3)sc2n1. The van der Waals surface area contributed by atoms with Crippen LogP contribution in [-0.2, 0) is 16.4 Å². The number of nitrogens with two attached hydrogens (primary N) is 1. The Hall–Kier alpha value is -2.36. The largest absolute Gasteiger partial charge is 0.334 e. The average molecular weight is 433 g/mol. The number of rotatable bonds is 5. The number of aryl methyl sites for hydroxylation is 3. The number of thiophene rings is 1. The van der Waals surface area contributed by atoms with Gasteiger partial charge >= 0.3 is 0 Å². The maximum Gasteiger partial charge on any atom is 0.264 e. The normalized spacial score (nSPS) is 12.9. The molecule has 2 N–H and O–H groups in total. The van der Waals surface area contributed by atoms with Gasteiger partial charge in [-0.1, -0.05) is 19.1 Å². The molecule has 0 aliphatic heterocycles. The van der Waals surface area contributed by atoms with Crippen LogP contribution < -0.4 is 5.14 Å². The third-order valence-corrected chi connectivity index (χ3v) is 7.22. The Balaban J connectivity index is 1.93. The zero-order valence-corrected chi connectivity index (χ0v) is 18.7. The first-order valence-corrected chi connectivity index (χ1v) is 11.6. The second-order valence-electron chi connectivity index (χ2n) is 7.02. The van der Waals surface area contributed by atoms with Crippen LogP contribution in [0.25, 0.3) is 10.2 Å². The average Bonchev–Trinajstić information content (AvgIpc) is 3.02. The molecule has 0 aliphatic carbocycles. The van der Waals surface area contributed by atoms with Crippen LogP contribution in [0.15, 0.2) is 29.2 Å². The van der Waals surface area contributed by atoms with Crippen molar-refractivity contribution in [1.29, 1.82) is 0 Å². The molecule has 0 saturated heterocycles. The number of hydrogen-bond acceptors (Lipinski definition) is 6. The number of nitrogens with zero attached hydrogens (tertiary/aromatic N) is 3. The van der Waals surface area contributed by atoms with Gasteiger partial charge in [-0.05, 0) is 44.0 Å². The van der Waals surface area contributed by atoms with E-state index < -0.39 is 10.0 Å². The lowest BCUT2D eigenvalue weighted by atomic mass is 10.1. The minimum absolute atomic E-state index is 0.0450. The molecule has 0 spiro atoms. The highest BCUT2D eigenvalue weighted by Gasteiger charge is 2.25. The van der Waals surface area contributed by atoms with E-state index in [-0.39, 0.29) is 16.8 Å². The predicted octanol–water partition coefficient (Wildman–Crippen LogP) is 3.35. The van der Waals surface area contributed by atoms with Gasteiger partial charge in [0.25, 0.3) is 5.91 Å². The second kappa shape index (κ2) is 7.81. The van der Waals surface area contributed by atoms with Crippen molar-refractivity contribution in [2.24, 2.45) is 5.14 Å². The van der Waals surface area contributed by atoms with Gasteiger partial charge < -0.3 is 4.90 Å². The fourth-order valence-electron chi connectivity index (χ4n) is 3.25. The Bertz CT molecular complexity index is 1180. The summed E-state index contributed by atoms with van der Waals surface area (Å²) in [6.45, 7) is 7.76. The molecule has 0 radical (unpaired) electrons. The van der Waals surface area contributed by atoms with Gasteiger partial charge in [-0.25, -0.2) is 23.5 Å². The number of aromatic nitrogens is 2. The van der Waals surface area contributed by atoms with Crippen molar-refractivity contribution < 1.29 is 13.2 Å². The summed E-state index contributed by atoms with van der Waals surface area (Å²) in [5.74, 6) is 0.665. The summed E-state index contributed by atoms with van der Waals surface area (Å²) in [4.78, 5) is 25.5. The van der Waals surface area contributed by atoms with E-state index in [9.17, 15) is 13.2 Å². The van der Waals surface area contributed by atoms with Crippen LogP contribution in [0.3, 0.4) is 0 Å². The number of benzene rings is 1. The highest BCUT2D eigenvalue weighted by molar-refractivity contribution is 7.89. The maximum absolute atomic E-state index is 13.2. The Morgan fingerprint density at radius 1 is 1.21 bits per heavy atom. The molecule has 3 rings (SSSR count). The van der Waals surface area contributed by atoms with Crippen LogP contribution in [-0.4, -0.2) is 36.2 Å². The second-order valence-corrected chi connectivity index (χ2v) is 9.58. The standard InChI is InChI=1S/C20H24N4O3S2/c1-6-16-22-12(3)17-11(2)18(28-19(17)23-16)20(25)24(5)13(4)14-7-9-15(10-8-14)29(21,26)27/h7-10,13H,6H2,1-5H3,(H2,21,26,27). The summed E-state index contributed by atoms with van der Waals surface area (Å²) in [7, 11) is -2.01. The van der Waals surface area contributed by atoms with Crippen molar-refractivity contribution >= 4 is 37.5 Å². The number of fused-ring (bicyclic) bond motifs is 1. The molecule has 1 aromatic carbocycles. The van der Waals surface area contributed by atoms with Crippen molar-refractivity contribution in [3.05, 3.63) is 51.8 Å². The Morgan fingerprint density at radius 2 is 1.83 bits per heavy atom. The van der Waals surface area contributed by atoms with Crippen molar-refractivity contribution in [2.75, 3.05) is 7.05 Å². The molecule has 0 fully saturated rings. The third-order valence-electron chi connectivity index (χ3n) is 5.12. The lowest BCUT2D eigenvalue weighted by Gasteiger charge is -2.25. The van der Waals surface area contributed by atoms with E-state index in [2.05, 4.69) is 9.97 Å². The summed E-state index contributed by atoms with van der Waals surface area (Å²) < 4.78 is 22.9. The predicted molar refractivity (Wildman–Crippen MR) is 115 cm³/mol. The molecular formula is C20H24N4O3S2. The first-order valence-electron chi connectivity index (χ1n) is 9.21. The molecule has 2 heterocycles. The van der Waals surface area contributed by atoms with Crippen LogP contribution in [0.1, 0.15) is 52.2 Å². The van der Waals surface area contributed by atoms with E-state index in [1.54, 1.807) is 24.1 Å². The minimum Gasteiger partial charge on any atom is -0.334 e. The Labute approximate surface area is 174 Å². The van der Waals surface area contributed by atoms with Crippen molar-refractivity contribution in [2.45, 2.75) is 45.1 Å². The van der Waals surface area contributed by atoms with Gasteiger partial charge in [-0.15, -0.1) is 11.3 Å². The van der Waals surface area contributed by atoms with Gasteiger partial charge in [-0.3, -0.25) is 4.79 Å². The van der Waals surface area contributed by atoms with Crippen LogP contribution in [0.2, 0.25) is 0 Å². The van der Waals surface area contributed by atoms with E-state index in [0.717, 1.165) is 39.3 Å². The molecule has 154 valence electrons. The number of carbonyl (C=O) groups is 1. The van der Waals surface area contributed by atoms with E-state index in [1.807, 2.05) is 27.7 Å². The van der Waals surface area contributed by atoms with E-state index >= 15 is 0 Å². The zero-order chi connectivity index (χ0) is 21.5. The van der Waals surface area contributed by atoms with Gasteiger partial charge in [-0.2, -0.15) is 0 Å². The lowest BCUT2D eigenvalue weighted by molar-refractivity contribution is 0.0747. The zero-order valence-electron chi connectivity index (χ0n) is 17.1. The van der Waals surface area contributed by atoms with Crippen molar-refractivity contribution in [3.8, 4) is 0 Å². The lowest BCUT2D eigenvalue weighted by Crippen LogP contribution is -2.29. The van der Waals surface area contributed by atoms with Crippen LogP contribution in [0, 0.1) is 13.8 Å². The topological polar surface area (TPSA) is 106 Å². The van der Waals surface area contributed by atoms with Crippen LogP contribution >= 0.6 is 11.3 Å². The van der Waals surface area contributed by atoms with Gasteiger partial charge in [0, 0.05) is 24.5 Å². The first-order chi connectivity index (χ1) is 13.5. The fourth-order valence-corrected chi connectivity index (χ4v) is 5.00. The molecule has 1 unspecified atom stereocenters. The molecular weight excluding hydrogens is 408 g/mol. The molecule has 0 aliphatic rings. The summed E-state index contributed by atoms with van der Waals surface area (Å²) in [5, 5.41) is 6.09. The van der Waals surface area contributed by atoms with E-state index in [1.165, 1.54) is 23.5 Å². The van der Waals surface area contributed by atoms with Gasteiger partial charge in [0.1, 0.15) is 10.7 Å². The summed E-state index contributed by atoms with van der Waals surface area (Å²) in [5.41, 5.74) is 2.59. The number of primary sulfonamides is 1. The number of amides is 1. The summed E-state index contributed by atoms with van der Waals surface area (Å²) >= 11 is 1.38. The quantitative estimate of drug-likeness (QED) is 0.665. The highest BCUT2D eigenvalue weighted by Crippen LogP contribution is 2.33. The molecule has 0 bridgehead atoms. The maximum atomic E-state index is 13.2. The summed E-state index contributed by atoms with van der Waals surface area (Å²) in [6, 6.07) is 6.01. The van der Waals surface area contributed by atoms with Gasteiger partial charge in [0.2, 0.25) is 10.0 Å². The number of sulfonamides is 1. The van der Waals surface area contributed by atoms with Gasteiger partial charge in [0.05, 0.1) is 15.8 Å². The smallest absolute Gasteiger partial charge is 0.264 e. The molecule has 2 aromatic heterocycles. The molecule has 1 atom stereocenters. The van der Waals surface area contributed by atoms with Crippen molar-refractivity contribution in [3.63, 3.8) is 0 Å². The molecule has 3 aromatic rings. The first kappa shape index (κ1) is 21.4. The Morgan fingerprint density at radius 3 is 2.38 bits per heavy atom. The molecule has 29 heavy (non-hydrogen) atoms. The monoisotopic (exact) mass is 432 g/mol. The van der Waals surface area contributed by atoms with Crippen molar-refractivity contribution in [1.82, 2.24) is 14.9 Å². The van der Waals surface area contributed by atoms with Gasteiger partial charge in [0.15, 0.2) is 0 Å². The summed E-state index contributed by atoms with van der Waals surface area (Å²) in [6.07, 6.45) is 0.739. The highest BCUT2D eigenvalue weighted by atomic mass is 32.2. The third kappa shape index (κ3) is 4.03. The number of carbonyl (C=O) groups excluding carboxylic acids is 1. The minimum atomic E-state index is -3.75. The van der Waals surface area contributed by atoms with E-state index in [0.29, 0.717) is 4.88 Å². The van der Waals surface area contributed by atoms with Crippen LogP contribution in [0.5, 0.6) is 0 Å². The molecule has 0 saturated carbocycles.